The van der Waals surface area contributed by atoms with Crippen molar-refractivity contribution >= 4 is 11.4 Å². The smallest absolute Gasteiger partial charge is 0.0635 e. The molecule has 0 saturated carbocycles. The van der Waals surface area contributed by atoms with Crippen LogP contribution in [0.3, 0.4) is 0 Å². The van der Waals surface area contributed by atoms with Crippen LogP contribution in [0.25, 0.3) is 0 Å². The van der Waals surface area contributed by atoms with E-state index in [1.54, 1.807) is 6.92 Å². The molecule has 0 spiro atoms. The molecule has 0 unspecified atom stereocenters. The van der Waals surface area contributed by atoms with Gasteiger partial charge in [0.25, 0.3) is 0 Å². The van der Waals surface area contributed by atoms with Crippen molar-refractivity contribution < 1.29 is 0 Å². The predicted octanol–water partition coefficient (Wildman–Crippen LogP) is 0.556. The van der Waals surface area contributed by atoms with Crippen LogP contribution in [0, 0.1) is 17.4 Å². The minimum absolute atomic E-state index is 0.303. The first-order valence-corrected chi connectivity index (χ1v) is 2.33. The van der Waals surface area contributed by atoms with Gasteiger partial charge in [-0.2, -0.15) is 0 Å². The predicted molar refractivity (Wildman–Crippen MR) is 34.2 cm³/mol. The fraction of sp³-hybridized carbons (Fsp3) is 0.400. The lowest BCUT2D eigenvalue weighted by Gasteiger charge is -1.94. The van der Waals surface area contributed by atoms with Crippen molar-refractivity contribution in [2.24, 2.45) is 5.73 Å². The molecule has 0 aromatic rings. The van der Waals surface area contributed by atoms with Gasteiger partial charge in [0, 0.05) is 17.8 Å². The molecular weight excluding hydrogens is 102 g/mol. The van der Waals surface area contributed by atoms with Crippen LogP contribution >= 0.6 is 0 Å². The standard InChI is InChI=1S/C5H10N3/c1-4(7)2-5(8)3-6/h3,7-8H,2,6H2,1H3. The third-order valence-corrected chi connectivity index (χ3v) is 0.657. The third-order valence-electron chi connectivity index (χ3n) is 0.657. The molecule has 0 aliphatic rings. The van der Waals surface area contributed by atoms with Gasteiger partial charge in [-0.05, 0) is 6.92 Å². The first-order valence-electron chi connectivity index (χ1n) is 2.33. The molecule has 3 nitrogen and oxygen atoms in total. The summed E-state index contributed by atoms with van der Waals surface area (Å²) in [6, 6.07) is 0. The molecule has 0 atom stereocenters. The van der Waals surface area contributed by atoms with Crippen LogP contribution in [-0.4, -0.2) is 11.4 Å². The molecule has 1 radical (unpaired) electrons. The number of nitrogens with one attached hydrogen (secondary N) is 2. The normalized spacial score (nSPS) is 8.75. The zero-order valence-corrected chi connectivity index (χ0v) is 4.86. The third kappa shape index (κ3) is 3.49. The summed E-state index contributed by atoms with van der Waals surface area (Å²) in [5, 5.41) is 13.9. The van der Waals surface area contributed by atoms with Crippen molar-refractivity contribution in [3.63, 3.8) is 0 Å². The van der Waals surface area contributed by atoms with Gasteiger partial charge >= 0.3 is 0 Å². The molecule has 0 aliphatic carbocycles. The van der Waals surface area contributed by atoms with Crippen LogP contribution in [0.4, 0.5) is 0 Å². The van der Waals surface area contributed by atoms with Gasteiger partial charge in [0.1, 0.15) is 0 Å². The Balaban J connectivity index is 3.40. The Morgan fingerprint density at radius 2 is 2.12 bits per heavy atom. The number of hydrogen-bond acceptors (Lipinski definition) is 3. The van der Waals surface area contributed by atoms with Crippen molar-refractivity contribution in [3.05, 3.63) is 6.54 Å². The molecule has 0 bridgehead atoms. The second kappa shape index (κ2) is 3.32. The summed E-state index contributed by atoms with van der Waals surface area (Å²) >= 11 is 0. The first-order chi connectivity index (χ1) is 3.66. The van der Waals surface area contributed by atoms with Crippen LogP contribution in [0.1, 0.15) is 13.3 Å². The van der Waals surface area contributed by atoms with Crippen LogP contribution in [0.5, 0.6) is 0 Å². The Bertz CT molecular complexity index is 106. The summed E-state index contributed by atoms with van der Waals surface area (Å²) in [5.41, 5.74) is 5.75. The Morgan fingerprint density at radius 1 is 1.62 bits per heavy atom. The van der Waals surface area contributed by atoms with E-state index < -0.39 is 0 Å². The molecule has 0 aliphatic heterocycles. The molecule has 4 N–H and O–H groups in total. The second-order valence-corrected chi connectivity index (χ2v) is 1.65. The fourth-order valence-electron chi connectivity index (χ4n) is 0.345. The maximum absolute atomic E-state index is 6.95. The summed E-state index contributed by atoms with van der Waals surface area (Å²) in [6.07, 6.45) is 0.372. The van der Waals surface area contributed by atoms with Crippen LogP contribution in [0.2, 0.25) is 0 Å². The lowest BCUT2D eigenvalue weighted by molar-refractivity contribution is 1.30. The minimum atomic E-state index is 0.303. The van der Waals surface area contributed by atoms with Gasteiger partial charge in [-0.1, -0.05) is 0 Å². The summed E-state index contributed by atoms with van der Waals surface area (Å²) in [4.78, 5) is 0. The molecule has 8 heavy (non-hydrogen) atoms. The van der Waals surface area contributed by atoms with E-state index in [0.717, 1.165) is 0 Å². The van der Waals surface area contributed by atoms with Crippen LogP contribution < -0.4 is 5.73 Å². The Kier molecular flexibility index (Phi) is 3.03. The van der Waals surface area contributed by atoms with Gasteiger partial charge in [-0.3, -0.25) is 0 Å². The Labute approximate surface area is 48.9 Å². The van der Waals surface area contributed by atoms with Crippen molar-refractivity contribution in [2.75, 3.05) is 0 Å². The fourth-order valence-corrected chi connectivity index (χ4v) is 0.345. The lowest BCUT2D eigenvalue weighted by Crippen LogP contribution is -2.08. The quantitative estimate of drug-likeness (QED) is 0.458. The molecule has 0 aromatic heterocycles. The van der Waals surface area contributed by atoms with Gasteiger partial charge in [0.2, 0.25) is 0 Å². The molecule has 0 fully saturated rings. The van der Waals surface area contributed by atoms with E-state index >= 15 is 0 Å². The van der Waals surface area contributed by atoms with Crippen molar-refractivity contribution in [2.45, 2.75) is 13.3 Å². The van der Waals surface area contributed by atoms with Crippen molar-refractivity contribution in [3.8, 4) is 0 Å². The Hall–Kier alpha value is -0.700. The molecule has 0 heterocycles. The molecule has 3 heteroatoms. The number of nitrogens with two attached hydrogens (primary N) is 1. The summed E-state index contributed by atoms with van der Waals surface area (Å²) in [7, 11) is 0. The highest BCUT2D eigenvalue weighted by Gasteiger charge is 1.93. The van der Waals surface area contributed by atoms with E-state index in [0.29, 0.717) is 17.8 Å². The van der Waals surface area contributed by atoms with E-state index in [1.807, 2.05) is 0 Å². The highest BCUT2D eigenvalue weighted by molar-refractivity contribution is 6.04. The zero-order valence-electron chi connectivity index (χ0n) is 4.86. The average molecular weight is 112 g/mol. The second-order valence-electron chi connectivity index (χ2n) is 1.65. The van der Waals surface area contributed by atoms with Gasteiger partial charge in [0.15, 0.2) is 0 Å². The molecule has 45 valence electrons. The topological polar surface area (TPSA) is 73.7 Å². The van der Waals surface area contributed by atoms with Gasteiger partial charge in [-0.15, -0.1) is 0 Å². The largest absolute Gasteiger partial charge is 0.321 e. The number of hydrogen-bond donors (Lipinski definition) is 3. The van der Waals surface area contributed by atoms with E-state index in [4.69, 9.17) is 16.6 Å². The summed E-state index contributed by atoms with van der Waals surface area (Å²) < 4.78 is 0. The minimum Gasteiger partial charge on any atom is -0.321 e. The van der Waals surface area contributed by atoms with Gasteiger partial charge < -0.3 is 16.6 Å². The lowest BCUT2D eigenvalue weighted by atomic mass is 10.2. The summed E-state index contributed by atoms with van der Waals surface area (Å²) in [5.74, 6) is 0. The molecule has 0 amide bonds. The van der Waals surface area contributed by atoms with Crippen molar-refractivity contribution in [1.82, 2.24) is 0 Å². The van der Waals surface area contributed by atoms with Gasteiger partial charge in [0.05, 0.1) is 6.54 Å². The van der Waals surface area contributed by atoms with E-state index in [1.165, 1.54) is 6.54 Å². The molecule has 0 rings (SSSR count). The van der Waals surface area contributed by atoms with E-state index in [2.05, 4.69) is 0 Å². The maximum Gasteiger partial charge on any atom is 0.0635 e. The van der Waals surface area contributed by atoms with E-state index in [-0.39, 0.29) is 0 Å². The first kappa shape index (κ1) is 7.30. The monoisotopic (exact) mass is 112 g/mol. The van der Waals surface area contributed by atoms with E-state index in [9.17, 15) is 0 Å². The van der Waals surface area contributed by atoms with Gasteiger partial charge in [-0.25, -0.2) is 0 Å². The molecular formula is C5H10N3. The summed E-state index contributed by atoms with van der Waals surface area (Å²) in [6.45, 7) is 2.86. The number of rotatable bonds is 3. The highest BCUT2D eigenvalue weighted by atomic mass is 14.6. The Morgan fingerprint density at radius 3 is 2.25 bits per heavy atom. The molecule has 0 aromatic carbocycles. The SMILES string of the molecule is CC(=N)CC(=N)[CH]N. The maximum atomic E-state index is 6.95. The zero-order chi connectivity index (χ0) is 6.57. The molecule has 0 saturated heterocycles. The van der Waals surface area contributed by atoms with Crippen molar-refractivity contribution in [1.29, 1.82) is 10.8 Å². The van der Waals surface area contributed by atoms with Crippen LogP contribution in [-0.2, 0) is 0 Å². The highest BCUT2D eigenvalue weighted by Crippen LogP contribution is 1.84. The average Bonchev–Trinajstić information content (AvgIpc) is 1.65. The van der Waals surface area contributed by atoms with Crippen LogP contribution in [0.15, 0.2) is 0 Å².